The highest BCUT2D eigenvalue weighted by atomic mass is 32.1. The number of rotatable bonds is 4. The van der Waals surface area contributed by atoms with E-state index in [9.17, 15) is 9.90 Å². The summed E-state index contributed by atoms with van der Waals surface area (Å²) in [6.07, 6.45) is 1.59. The predicted octanol–water partition coefficient (Wildman–Crippen LogP) is 2.12. The van der Waals surface area contributed by atoms with Crippen LogP contribution in [0.15, 0.2) is 24.3 Å². The number of nitrogens with two attached hydrogens (primary N) is 1. The second-order valence-electron chi connectivity index (χ2n) is 5.39. The molecule has 2 rings (SSSR count). The zero-order valence-corrected chi connectivity index (χ0v) is 12.4. The normalized spacial score (nSPS) is 21.4. The number of likely N-dealkylation sites (tertiary alicyclic amines) is 1. The molecular weight excluding hydrogens is 272 g/mol. The monoisotopic (exact) mass is 292 g/mol. The SMILES string of the molecule is Cc1ccc(C(C(N)=S)N2CCCC(C(=O)O)C2)cc1. The van der Waals surface area contributed by atoms with E-state index < -0.39 is 5.97 Å². The third-order valence-electron chi connectivity index (χ3n) is 3.83. The van der Waals surface area contributed by atoms with Crippen LogP contribution in [0.3, 0.4) is 0 Å². The molecule has 0 saturated carbocycles. The third kappa shape index (κ3) is 3.35. The summed E-state index contributed by atoms with van der Waals surface area (Å²) in [6.45, 7) is 3.37. The summed E-state index contributed by atoms with van der Waals surface area (Å²) in [6, 6.07) is 7.92. The smallest absolute Gasteiger partial charge is 0.307 e. The van der Waals surface area contributed by atoms with E-state index in [-0.39, 0.29) is 12.0 Å². The molecule has 4 nitrogen and oxygen atoms in total. The average molecular weight is 292 g/mol. The maximum absolute atomic E-state index is 11.2. The summed E-state index contributed by atoms with van der Waals surface area (Å²) in [4.78, 5) is 13.7. The molecule has 0 spiro atoms. The lowest BCUT2D eigenvalue weighted by Crippen LogP contribution is -2.44. The minimum atomic E-state index is -0.736. The van der Waals surface area contributed by atoms with Crippen molar-refractivity contribution < 1.29 is 9.90 Å². The Bertz CT molecular complexity index is 501. The van der Waals surface area contributed by atoms with Crippen LogP contribution in [0, 0.1) is 12.8 Å². The van der Waals surface area contributed by atoms with Crippen molar-refractivity contribution >= 4 is 23.2 Å². The van der Waals surface area contributed by atoms with Crippen molar-refractivity contribution in [1.29, 1.82) is 0 Å². The van der Waals surface area contributed by atoms with Crippen LogP contribution < -0.4 is 5.73 Å². The molecule has 1 aromatic carbocycles. The largest absolute Gasteiger partial charge is 0.481 e. The van der Waals surface area contributed by atoms with E-state index in [0.717, 1.165) is 24.9 Å². The van der Waals surface area contributed by atoms with Gasteiger partial charge in [0.25, 0.3) is 0 Å². The van der Waals surface area contributed by atoms with Gasteiger partial charge in [-0.2, -0.15) is 0 Å². The summed E-state index contributed by atoms with van der Waals surface area (Å²) >= 11 is 5.21. The van der Waals surface area contributed by atoms with Gasteiger partial charge < -0.3 is 10.8 Å². The van der Waals surface area contributed by atoms with Crippen LogP contribution >= 0.6 is 12.2 Å². The highest BCUT2D eigenvalue weighted by molar-refractivity contribution is 7.80. The summed E-state index contributed by atoms with van der Waals surface area (Å²) in [5.74, 6) is -1.06. The average Bonchev–Trinajstić information content (AvgIpc) is 2.41. The van der Waals surface area contributed by atoms with Crippen molar-refractivity contribution in [2.45, 2.75) is 25.8 Å². The molecular formula is C15H20N2O2S. The Balaban J connectivity index is 2.22. The zero-order chi connectivity index (χ0) is 14.7. The number of nitrogens with zero attached hydrogens (tertiary/aromatic N) is 1. The molecule has 0 amide bonds. The van der Waals surface area contributed by atoms with Gasteiger partial charge >= 0.3 is 5.97 Å². The minimum Gasteiger partial charge on any atom is -0.481 e. The molecule has 1 fully saturated rings. The fourth-order valence-corrected chi connectivity index (χ4v) is 3.03. The van der Waals surface area contributed by atoms with Gasteiger partial charge in [0.15, 0.2) is 0 Å². The van der Waals surface area contributed by atoms with Gasteiger partial charge in [-0.15, -0.1) is 0 Å². The topological polar surface area (TPSA) is 66.6 Å². The molecule has 1 saturated heterocycles. The van der Waals surface area contributed by atoms with Crippen LogP contribution in [0.2, 0.25) is 0 Å². The molecule has 0 bridgehead atoms. The maximum atomic E-state index is 11.2. The third-order valence-corrected chi connectivity index (χ3v) is 4.05. The van der Waals surface area contributed by atoms with E-state index in [1.165, 1.54) is 5.56 Å². The molecule has 1 aliphatic heterocycles. The summed E-state index contributed by atoms with van der Waals surface area (Å²) in [5.41, 5.74) is 8.12. The number of benzene rings is 1. The molecule has 1 aromatic rings. The van der Waals surface area contributed by atoms with Crippen LogP contribution in [-0.4, -0.2) is 34.1 Å². The number of thiocarbonyl (C=S) groups is 1. The van der Waals surface area contributed by atoms with Crippen molar-refractivity contribution in [3.8, 4) is 0 Å². The lowest BCUT2D eigenvalue weighted by molar-refractivity contribution is -0.143. The van der Waals surface area contributed by atoms with E-state index >= 15 is 0 Å². The van der Waals surface area contributed by atoms with Gasteiger partial charge in [0.1, 0.15) is 0 Å². The fraction of sp³-hybridized carbons (Fsp3) is 0.467. The van der Waals surface area contributed by atoms with E-state index in [4.69, 9.17) is 18.0 Å². The van der Waals surface area contributed by atoms with Crippen LogP contribution in [0.4, 0.5) is 0 Å². The van der Waals surface area contributed by atoms with Crippen molar-refractivity contribution in [2.24, 2.45) is 11.7 Å². The van der Waals surface area contributed by atoms with Crippen molar-refractivity contribution in [3.63, 3.8) is 0 Å². The molecule has 1 heterocycles. The molecule has 108 valence electrons. The maximum Gasteiger partial charge on any atom is 0.307 e. The first-order valence-electron chi connectivity index (χ1n) is 6.82. The van der Waals surface area contributed by atoms with Crippen molar-refractivity contribution in [1.82, 2.24) is 4.90 Å². The van der Waals surface area contributed by atoms with Crippen LogP contribution in [-0.2, 0) is 4.79 Å². The minimum absolute atomic E-state index is 0.173. The lowest BCUT2D eigenvalue weighted by Gasteiger charge is -2.36. The zero-order valence-electron chi connectivity index (χ0n) is 11.6. The number of hydrogen-bond acceptors (Lipinski definition) is 3. The van der Waals surface area contributed by atoms with E-state index in [1.807, 2.05) is 31.2 Å². The molecule has 3 N–H and O–H groups in total. The molecule has 0 aliphatic carbocycles. The number of carbonyl (C=O) groups is 1. The summed E-state index contributed by atoms with van der Waals surface area (Å²) in [7, 11) is 0. The number of aryl methyl sites for hydroxylation is 1. The number of carboxylic acid groups (broad SMARTS) is 1. The Morgan fingerprint density at radius 1 is 1.45 bits per heavy atom. The van der Waals surface area contributed by atoms with Gasteiger partial charge in [-0.05, 0) is 31.9 Å². The molecule has 2 unspecified atom stereocenters. The summed E-state index contributed by atoms with van der Waals surface area (Å²) in [5, 5.41) is 9.19. The lowest BCUT2D eigenvalue weighted by atomic mass is 9.94. The summed E-state index contributed by atoms with van der Waals surface area (Å²) < 4.78 is 0. The Hall–Kier alpha value is -1.46. The van der Waals surface area contributed by atoms with Crippen molar-refractivity contribution in [3.05, 3.63) is 35.4 Å². The number of piperidine rings is 1. The predicted molar refractivity (Wildman–Crippen MR) is 82.6 cm³/mol. The second kappa shape index (κ2) is 6.33. The van der Waals surface area contributed by atoms with Gasteiger partial charge in [0, 0.05) is 6.54 Å². The Morgan fingerprint density at radius 3 is 2.65 bits per heavy atom. The first-order valence-corrected chi connectivity index (χ1v) is 7.22. The number of aliphatic carboxylic acids is 1. The van der Waals surface area contributed by atoms with Gasteiger partial charge in [0.05, 0.1) is 16.9 Å². The molecule has 2 atom stereocenters. The molecule has 1 aliphatic rings. The van der Waals surface area contributed by atoms with Gasteiger partial charge in [-0.25, -0.2) is 0 Å². The van der Waals surface area contributed by atoms with Crippen LogP contribution in [0.25, 0.3) is 0 Å². The molecule has 0 radical (unpaired) electrons. The van der Waals surface area contributed by atoms with E-state index in [1.54, 1.807) is 0 Å². The molecule has 0 aromatic heterocycles. The number of carboxylic acids is 1. The van der Waals surface area contributed by atoms with E-state index in [0.29, 0.717) is 11.5 Å². The Labute approximate surface area is 124 Å². The second-order valence-corrected chi connectivity index (χ2v) is 5.86. The fourth-order valence-electron chi connectivity index (χ4n) is 2.75. The van der Waals surface area contributed by atoms with Gasteiger partial charge in [0.2, 0.25) is 0 Å². The Morgan fingerprint density at radius 2 is 2.10 bits per heavy atom. The highest BCUT2D eigenvalue weighted by Gasteiger charge is 2.31. The van der Waals surface area contributed by atoms with Gasteiger partial charge in [-0.3, -0.25) is 9.69 Å². The standard InChI is InChI=1S/C15H20N2O2S/c1-10-4-6-11(7-5-10)13(14(16)20)17-8-2-3-12(9-17)15(18)19/h4-7,12-13H,2-3,8-9H2,1H3,(H2,16,20)(H,18,19). The first-order chi connectivity index (χ1) is 9.49. The van der Waals surface area contributed by atoms with E-state index in [2.05, 4.69) is 4.90 Å². The molecule has 5 heteroatoms. The highest BCUT2D eigenvalue weighted by Crippen LogP contribution is 2.27. The molecule has 20 heavy (non-hydrogen) atoms. The van der Waals surface area contributed by atoms with Crippen LogP contribution in [0.5, 0.6) is 0 Å². The quantitative estimate of drug-likeness (QED) is 0.832. The van der Waals surface area contributed by atoms with Crippen molar-refractivity contribution in [2.75, 3.05) is 13.1 Å². The van der Waals surface area contributed by atoms with Crippen LogP contribution in [0.1, 0.15) is 30.0 Å². The Kier molecular flexibility index (Phi) is 4.73. The number of hydrogen-bond donors (Lipinski definition) is 2. The van der Waals surface area contributed by atoms with Gasteiger partial charge in [-0.1, -0.05) is 42.0 Å². The first kappa shape index (κ1) is 14.9.